The first-order valence-electron chi connectivity index (χ1n) is 8.55. The lowest BCUT2D eigenvalue weighted by molar-refractivity contribution is 0.339. The average Bonchev–Trinajstić information content (AvgIpc) is 3.20. The molecule has 2 nitrogen and oxygen atoms in total. The van der Waals surface area contributed by atoms with Crippen LogP contribution in [0, 0.1) is 0 Å². The third-order valence-corrected chi connectivity index (χ3v) is 5.19. The van der Waals surface area contributed by atoms with Crippen LogP contribution in [0.4, 0.5) is 0 Å². The van der Waals surface area contributed by atoms with Crippen molar-refractivity contribution >= 4 is 0 Å². The lowest BCUT2D eigenvalue weighted by Gasteiger charge is -2.27. The molecule has 2 aliphatic rings. The molecule has 2 saturated carbocycles. The van der Waals surface area contributed by atoms with Gasteiger partial charge in [-0.15, -0.1) is 0 Å². The highest BCUT2D eigenvalue weighted by Crippen LogP contribution is 2.42. The fraction of sp³-hybridized carbons (Fsp3) is 0.684. The second kappa shape index (κ2) is 5.73. The summed E-state index contributed by atoms with van der Waals surface area (Å²) in [6, 6.07) is 11.1. The smallest absolute Gasteiger partial charge is 0.0145 e. The van der Waals surface area contributed by atoms with Gasteiger partial charge in [-0.05, 0) is 48.6 Å². The Morgan fingerprint density at radius 3 is 2.48 bits per heavy atom. The van der Waals surface area contributed by atoms with E-state index >= 15 is 0 Å². The van der Waals surface area contributed by atoms with E-state index in [2.05, 4.69) is 50.4 Å². The molecular formula is C19H30N2. The van der Waals surface area contributed by atoms with Crippen LogP contribution in [0.1, 0.15) is 69.9 Å². The first kappa shape index (κ1) is 15.1. The second-order valence-electron chi connectivity index (χ2n) is 8.10. The number of hydrogen-bond acceptors (Lipinski definition) is 2. The SMILES string of the molecule is CC(C)(C)c1cccc([C@@H]2C[C@H]2N[C@H]2CC[C@H](N)CC2)c1. The maximum absolute atomic E-state index is 5.99. The molecule has 2 fully saturated rings. The minimum absolute atomic E-state index is 0.243. The molecule has 0 amide bonds. The molecule has 0 heterocycles. The van der Waals surface area contributed by atoms with Crippen molar-refractivity contribution in [1.29, 1.82) is 0 Å². The molecule has 2 heteroatoms. The van der Waals surface area contributed by atoms with Gasteiger partial charge in [0, 0.05) is 24.0 Å². The van der Waals surface area contributed by atoms with E-state index in [0.717, 1.165) is 5.92 Å². The van der Waals surface area contributed by atoms with Crippen molar-refractivity contribution in [1.82, 2.24) is 5.32 Å². The molecule has 0 unspecified atom stereocenters. The summed E-state index contributed by atoms with van der Waals surface area (Å²) in [6.45, 7) is 6.88. The zero-order chi connectivity index (χ0) is 15.0. The average molecular weight is 286 g/mol. The molecule has 21 heavy (non-hydrogen) atoms. The van der Waals surface area contributed by atoms with Crippen LogP contribution in [-0.2, 0) is 5.41 Å². The Labute approximate surface area is 129 Å². The molecule has 116 valence electrons. The van der Waals surface area contributed by atoms with Crippen LogP contribution in [-0.4, -0.2) is 18.1 Å². The van der Waals surface area contributed by atoms with Gasteiger partial charge >= 0.3 is 0 Å². The molecule has 1 aromatic rings. The topological polar surface area (TPSA) is 38.0 Å². The highest BCUT2D eigenvalue weighted by atomic mass is 15.0. The van der Waals surface area contributed by atoms with Crippen LogP contribution in [0.5, 0.6) is 0 Å². The summed E-state index contributed by atoms with van der Waals surface area (Å²) in [6.07, 6.45) is 6.19. The van der Waals surface area contributed by atoms with Crippen LogP contribution in [0.3, 0.4) is 0 Å². The van der Waals surface area contributed by atoms with Gasteiger partial charge in [-0.3, -0.25) is 0 Å². The molecular weight excluding hydrogens is 256 g/mol. The molecule has 0 bridgehead atoms. The molecule has 2 atom stereocenters. The van der Waals surface area contributed by atoms with E-state index in [-0.39, 0.29) is 5.41 Å². The van der Waals surface area contributed by atoms with Crippen molar-refractivity contribution in [3.8, 4) is 0 Å². The summed E-state index contributed by atoms with van der Waals surface area (Å²) in [5, 5.41) is 3.86. The maximum Gasteiger partial charge on any atom is 0.0145 e. The van der Waals surface area contributed by atoms with Crippen molar-refractivity contribution in [2.24, 2.45) is 5.73 Å². The number of nitrogens with two attached hydrogens (primary N) is 1. The van der Waals surface area contributed by atoms with Crippen LogP contribution in [0.25, 0.3) is 0 Å². The van der Waals surface area contributed by atoms with E-state index in [1.54, 1.807) is 0 Å². The Hall–Kier alpha value is -0.860. The highest BCUT2D eigenvalue weighted by Gasteiger charge is 2.40. The predicted molar refractivity (Wildman–Crippen MR) is 89.7 cm³/mol. The molecule has 3 N–H and O–H groups in total. The Morgan fingerprint density at radius 2 is 1.81 bits per heavy atom. The molecule has 3 rings (SSSR count). The predicted octanol–water partition coefficient (Wildman–Crippen LogP) is 3.70. The van der Waals surface area contributed by atoms with E-state index in [1.807, 2.05) is 0 Å². The number of hydrogen-bond donors (Lipinski definition) is 2. The quantitative estimate of drug-likeness (QED) is 0.889. The molecule has 1 aromatic carbocycles. The Balaban J connectivity index is 1.58. The van der Waals surface area contributed by atoms with Crippen molar-refractivity contribution < 1.29 is 0 Å². The van der Waals surface area contributed by atoms with E-state index in [9.17, 15) is 0 Å². The van der Waals surface area contributed by atoms with Crippen LogP contribution >= 0.6 is 0 Å². The first-order valence-corrected chi connectivity index (χ1v) is 8.55. The lowest BCUT2D eigenvalue weighted by Crippen LogP contribution is -2.38. The van der Waals surface area contributed by atoms with E-state index in [1.165, 1.54) is 43.2 Å². The van der Waals surface area contributed by atoms with E-state index in [4.69, 9.17) is 5.73 Å². The van der Waals surface area contributed by atoms with Gasteiger partial charge in [-0.2, -0.15) is 0 Å². The summed E-state index contributed by atoms with van der Waals surface area (Å²) >= 11 is 0. The third kappa shape index (κ3) is 3.67. The minimum atomic E-state index is 0.243. The van der Waals surface area contributed by atoms with Gasteiger partial charge in [-0.1, -0.05) is 45.0 Å². The molecule has 0 aliphatic heterocycles. The normalized spacial score (nSPS) is 33.0. The van der Waals surface area contributed by atoms with Crippen LogP contribution in [0.15, 0.2) is 24.3 Å². The third-order valence-electron chi connectivity index (χ3n) is 5.19. The fourth-order valence-electron chi connectivity index (χ4n) is 3.57. The van der Waals surface area contributed by atoms with Crippen molar-refractivity contribution in [3.63, 3.8) is 0 Å². The van der Waals surface area contributed by atoms with Gasteiger partial charge in [0.2, 0.25) is 0 Å². The second-order valence-corrected chi connectivity index (χ2v) is 8.10. The summed E-state index contributed by atoms with van der Waals surface area (Å²) in [5.41, 5.74) is 9.21. The summed E-state index contributed by atoms with van der Waals surface area (Å²) in [5.74, 6) is 0.725. The first-order chi connectivity index (χ1) is 9.93. The molecule has 0 saturated heterocycles. The Bertz CT molecular complexity index is 481. The molecule has 0 aromatic heterocycles. The Kier molecular flexibility index (Phi) is 4.11. The monoisotopic (exact) mass is 286 g/mol. The van der Waals surface area contributed by atoms with Gasteiger partial charge in [0.1, 0.15) is 0 Å². The molecule has 0 radical (unpaired) electrons. The zero-order valence-electron chi connectivity index (χ0n) is 13.7. The number of nitrogens with one attached hydrogen (secondary N) is 1. The largest absolute Gasteiger partial charge is 0.328 e. The van der Waals surface area contributed by atoms with Crippen LogP contribution < -0.4 is 11.1 Å². The van der Waals surface area contributed by atoms with Crippen molar-refractivity contribution in [3.05, 3.63) is 35.4 Å². The standard InChI is InChI=1S/C19H30N2/c1-19(2,3)14-6-4-5-13(11-14)17-12-18(17)21-16-9-7-15(20)8-10-16/h4-6,11,15-18,21H,7-10,12,20H2,1-3H3/t15-,16-,17-,18+/m0/s1. The lowest BCUT2D eigenvalue weighted by atomic mass is 9.86. The number of rotatable bonds is 3. The molecule has 0 spiro atoms. The van der Waals surface area contributed by atoms with Gasteiger partial charge in [0.05, 0.1) is 0 Å². The van der Waals surface area contributed by atoms with Gasteiger partial charge in [-0.25, -0.2) is 0 Å². The van der Waals surface area contributed by atoms with E-state index in [0.29, 0.717) is 18.1 Å². The summed E-state index contributed by atoms with van der Waals surface area (Å²) < 4.78 is 0. The van der Waals surface area contributed by atoms with Gasteiger partial charge in [0.15, 0.2) is 0 Å². The fourth-order valence-corrected chi connectivity index (χ4v) is 3.57. The number of benzene rings is 1. The zero-order valence-corrected chi connectivity index (χ0v) is 13.7. The minimum Gasteiger partial charge on any atom is -0.328 e. The highest BCUT2D eigenvalue weighted by molar-refractivity contribution is 5.35. The van der Waals surface area contributed by atoms with Crippen LogP contribution in [0.2, 0.25) is 0 Å². The van der Waals surface area contributed by atoms with Crippen molar-refractivity contribution in [2.75, 3.05) is 0 Å². The summed E-state index contributed by atoms with van der Waals surface area (Å²) in [4.78, 5) is 0. The van der Waals surface area contributed by atoms with Gasteiger partial charge in [0.25, 0.3) is 0 Å². The maximum atomic E-state index is 5.99. The molecule has 2 aliphatic carbocycles. The summed E-state index contributed by atoms with van der Waals surface area (Å²) in [7, 11) is 0. The van der Waals surface area contributed by atoms with E-state index < -0.39 is 0 Å². The van der Waals surface area contributed by atoms with Crippen molar-refractivity contribution in [2.45, 2.75) is 82.3 Å². The van der Waals surface area contributed by atoms with Gasteiger partial charge < -0.3 is 11.1 Å². The Morgan fingerprint density at radius 1 is 1.10 bits per heavy atom.